The lowest BCUT2D eigenvalue weighted by atomic mass is 10.2. The standard InChI is InChI=1S/C10H14N2O2S/c1-12(7-2-4-14-6-7)10(13)9-8(11)3-5-15-9/h3,5,7H,2,4,6,11H2,1H3. The van der Waals surface area contributed by atoms with Gasteiger partial charge in [0.15, 0.2) is 0 Å². The van der Waals surface area contributed by atoms with Gasteiger partial charge in [0.1, 0.15) is 4.88 Å². The number of anilines is 1. The van der Waals surface area contributed by atoms with Crippen LogP contribution in [0.3, 0.4) is 0 Å². The van der Waals surface area contributed by atoms with E-state index in [4.69, 9.17) is 10.5 Å². The molecule has 2 N–H and O–H groups in total. The monoisotopic (exact) mass is 226 g/mol. The number of rotatable bonds is 2. The number of hydrogen-bond acceptors (Lipinski definition) is 4. The molecular formula is C10H14N2O2S. The molecule has 1 atom stereocenters. The Morgan fingerprint density at radius 1 is 1.73 bits per heavy atom. The smallest absolute Gasteiger partial charge is 0.266 e. The Morgan fingerprint density at radius 3 is 3.07 bits per heavy atom. The number of nitrogens with zero attached hydrogens (tertiary/aromatic N) is 1. The van der Waals surface area contributed by atoms with Crippen molar-refractivity contribution in [1.29, 1.82) is 0 Å². The molecule has 5 heteroatoms. The first-order valence-corrected chi connectivity index (χ1v) is 5.76. The Balaban J connectivity index is 2.10. The van der Waals surface area contributed by atoms with Crippen LogP contribution in [0.1, 0.15) is 16.1 Å². The Bertz CT molecular complexity index is 358. The van der Waals surface area contributed by atoms with Crippen molar-refractivity contribution in [3.8, 4) is 0 Å². The van der Waals surface area contributed by atoms with Crippen molar-refractivity contribution in [1.82, 2.24) is 4.90 Å². The van der Waals surface area contributed by atoms with Crippen LogP contribution in [0.4, 0.5) is 5.69 Å². The van der Waals surface area contributed by atoms with Crippen molar-refractivity contribution in [2.45, 2.75) is 12.5 Å². The lowest BCUT2D eigenvalue weighted by molar-refractivity contribution is 0.0717. The number of hydrogen-bond donors (Lipinski definition) is 1. The SMILES string of the molecule is CN(C(=O)c1sccc1N)C1CCOC1. The summed E-state index contributed by atoms with van der Waals surface area (Å²) in [6, 6.07) is 1.95. The van der Waals surface area contributed by atoms with Gasteiger partial charge in [0.05, 0.1) is 18.3 Å². The lowest BCUT2D eigenvalue weighted by Crippen LogP contribution is -2.37. The molecule has 1 saturated heterocycles. The molecule has 82 valence electrons. The molecule has 2 heterocycles. The Hall–Kier alpha value is -1.07. The van der Waals surface area contributed by atoms with Crippen LogP contribution in [0.25, 0.3) is 0 Å². The molecule has 0 spiro atoms. The maximum absolute atomic E-state index is 12.0. The minimum Gasteiger partial charge on any atom is -0.397 e. The second-order valence-electron chi connectivity index (χ2n) is 3.64. The van der Waals surface area contributed by atoms with E-state index in [2.05, 4.69) is 0 Å². The highest BCUT2D eigenvalue weighted by molar-refractivity contribution is 7.12. The maximum atomic E-state index is 12.0. The van der Waals surface area contributed by atoms with E-state index in [1.807, 2.05) is 5.38 Å². The fourth-order valence-corrected chi connectivity index (χ4v) is 2.45. The van der Waals surface area contributed by atoms with Gasteiger partial charge >= 0.3 is 0 Å². The highest BCUT2D eigenvalue weighted by Crippen LogP contribution is 2.22. The third-order valence-electron chi connectivity index (χ3n) is 2.66. The number of carbonyl (C=O) groups excluding carboxylic acids is 1. The van der Waals surface area contributed by atoms with Crippen LogP contribution in [0.15, 0.2) is 11.4 Å². The Kier molecular flexibility index (Phi) is 2.93. The average molecular weight is 226 g/mol. The molecule has 1 aromatic rings. The van der Waals surface area contributed by atoms with Gasteiger partial charge < -0.3 is 15.4 Å². The predicted octanol–water partition coefficient (Wildman–Crippen LogP) is 1.19. The molecule has 1 unspecified atom stereocenters. The first kappa shape index (κ1) is 10.4. The van der Waals surface area contributed by atoms with E-state index in [1.54, 1.807) is 18.0 Å². The van der Waals surface area contributed by atoms with Crippen molar-refractivity contribution in [3.63, 3.8) is 0 Å². The van der Waals surface area contributed by atoms with Gasteiger partial charge in [-0.2, -0.15) is 0 Å². The predicted molar refractivity (Wildman–Crippen MR) is 60.0 cm³/mol. The zero-order valence-electron chi connectivity index (χ0n) is 8.60. The van der Waals surface area contributed by atoms with Crippen molar-refractivity contribution < 1.29 is 9.53 Å². The summed E-state index contributed by atoms with van der Waals surface area (Å²) in [7, 11) is 1.81. The topological polar surface area (TPSA) is 55.6 Å². The molecule has 1 aromatic heterocycles. The van der Waals surface area contributed by atoms with Crippen LogP contribution in [-0.4, -0.2) is 37.1 Å². The number of likely N-dealkylation sites (N-methyl/N-ethyl adjacent to an activating group) is 1. The van der Waals surface area contributed by atoms with Crippen LogP contribution in [0, 0.1) is 0 Å². The van der Waals surface area contributed by atoms with E-state index in [0.29, 0.717) is 17.2 Å². The maximum Gasteiger partial charge on any atom is 0.266 e. The normalized spacial score (nSPS) is 20.5. The molecule has 0 radical (unpaired) electrons. The number of ether oxygens (including phenoxy) is 1. The summed E-state index contributed by atoms with van der Waals surface area (Å²) in [5.41, 5.74) is 6.28. The van der Waals surface area contributed by atoms with Crippen molar-refractivity contribution in [3.05, 3.63) is 16.3 Å². The van der Waals surface area contributed by atoms with Crippen LogP contribution in [-0.2, 0) is 4.74 Å². The second kappa shape index (κ2) is 4.20. The Morgan fingerprint density at radius 2 is 2.53 bits per heavy atom. The molecule has 1 amide bonds. The summed E-state index contributed by atoms with van der Waals surface area (Å²) >= 11 is 1.39. The van der Waals surface area contributed by atoms with Gasteiger partial charge in [-0.1, -0.05) is 0 Å². The van der Waals surface area contributed by atoms with Crippen LogP contribution in [0.2, 0.25) is 0 Å². The van der Waals surface area contributed by atoms with Crippen LogP contribution < -0.4 is 5.73 Å². The zero-order valence-corrected chi connectivity index (χ0v) is 9.42. The van der Waals surface area contributed by atoms with E-state index in [0.717, 1.165) is 13.0 Å². The number of nitrogens with two attached hydrogens (primary N) is 1. The van der Waals surface area contributed by atoms with Gasteiger partial charge in [-0.15, -0.1) is 11.3 Å². The van der Waals surface area contributed by atoms with E-state index in [-0.39, 0.29) is 11.9 Å². The van der Waals surface area contributed by atoms with E-state index in [9.17, 15) is 4.79 Å². The summed E-state index contributed by atoms with van der Waals surface area (Å²) in [5.74, 6) is -0.00185. The Labute approximate surface area is 92.6 Å². The highest BCUT2D eigenvalue weighted by atomic mass is 32.1. The molecule has 0 bridgehead atoms. The second-order valence-corrected chi connectivity index (χ2v) is 4.55. The van der Waals surface area contributed by atoms with Gasteiger partial charge in [0, 0.05) is 13.7 Å². The number of amides is 1. The highest BCUT2D eigenvalue weighted by Gasteiger charge is 2.26. The van der Waals surface area contributed by atoms with E-state index >= 15 is 0 Å². The molecule has 1 fully saturated rings. The average Bonchev–Trinajstić information content (AvgIpc) is 2.85. The molecule has 4 nitrogen and oxygen atoms in total. The van der Waals surface area contributed by atoms with Gasteiger partial charge in [0.25, 0.3) is 5.91 Å². The molecule has 1 aliphatic heterocycles. The lowest BCUT2D eigenvalue weighted by Gasteiger charge is -2.22. The third-order valence-corrected chi connectivity index (χ3v) is 3.58. The summed E-state index contributed by atoms with van der Waals surface area (Å²) in [4.78, 5) is 14.4. The first-order chi connectivity index (χ1) is 7.20. The fourth-order valence-electron chi connectivity index (χ4n) is 1.65. The summed E-state index contributed by atoms with van der Waals surface area (Å²) in [6.45, 7) is 1.37. The molecule has 0 saturated carbocycles. The summed E-state index contributed by atoms with van der Waals surface area (Å²) in [6.07, 6.45) is 0.910. The summed E-state index contributed by atoms with van der Waals surface area (Å²) in [5, 5.41) is 1.83. The number of nitrogen functional groups attached to an aromatic ring is 1. The van der Waals surface area contributed by atoms with Gasteiger partial charge in [-0.3, -0.25) is 4.79 Å². The molecule has 15 heavy (non-hydrogen) atoms. The third kappa shape index (κ3) is 1.98. The molecule has 2 rings (SSSR count). The molecule has 0 aromatic carbocycles. The van der Waals surface area contributed by atoms with Crippen molar-refractivity contribution >= 4 is 22.9 Å². The van der Waals surface area contributed by atoms with Crippen LogP contribution >= 0.6 is 11.3 Å². The quantitative estimate of drug-likeness (QED) is 0.824. The minimum atomic E-state index is -0.00185. The molecule has 0 aliphatic carbocycles. The molecular weight excluding hydrogens is 212 g/mol. The van der Waals surface area contributed by atoms with E-state index < -0.39 is 0 Å². The van der Waals surface area contributed by atoms with Gasteiger partial charge in [0.2, 0.25) is 0 Å². The first-order valence-electron chi connectivity index (χ1n) is 4.88. The number of carbonyl (C=O) groups is 1. The van der Waals surface area contributed by atoms with Crippen LogP contribution in [0.5, 0.6) is 0 Å². The van der Waals surface area contributed by atoms with Crippen molar-refractivity contribution in [2.75, 3.05) is 26.0 Å². The minimum absolute atomic E-state index is 0.00185. The molecule has 1 aliphatic rings. The fraction of sp³-hybridized carbons (Fsp3) is 0.500. The van der Waals surface area contributed by atoms with E-state index in [1.165, 1.54) is 11.3 Å². The largest absolute Gasteiger partial charge is 0.397 e. The van der Waals surface area contributed by atoms with Gasteiger partial charge in [-0.25, -0.2) is 0 Å². The van der Waals surface area contributed by atoms with Crippen molar-refractivity contribution in [2.24, 2.45) is 0 Å². The zero-order chi connectivity index (χ0) is 10.8. The summed E-state index contributed by atoms with van der Waals surface area (Å²) < 4.78 is 5.25. The number of thiophene rings is 1. The van der Waals surface area contributed by atoms with Gasteiger partial charge in [-0.05, 0) is 17.9 Å².